The lowest BCUT2D eigenvalue weighted by Crippen LogP contribution is -2.18. The van der Waals surface area contributed by atoms with Crippen LogP contribution in [-0.2, 0) is 16.0 Å². The first-order valence-electron chi connectivity index (χ1n) is 11.6. The van der Waals surface area contributed by atoms with E-state index >= 15 is 0 Å². The van der Waals surface area contributed by atoms with Gasteiger partial charge in [0.25, 0.3) is 0 Å². The highest BCUT2D eigenvalue weighted by Gasteiger charge is 2.59. The molecule has 2 aliphatic rings. The van der Waals surface area contributed by atoms with Gasteiger partial charge in [-0.25, -0.2) is 0 Å². The second-order valence-corrected chi connectivity index (χ2v) is 10.5. The van der Waals surface area contributed by atoms with Crippen molar-refractivity contribution < 1.29 is 9.59 Å². The number of anilines is 2. The molecule has 0 aliphatic heterocycles. The third-order valence-electron chi connectivity index (χ3n) is 6.76. The predicted octanol–water partition coefficient (Wildman–Crippen LogP) is 3.94. The number of carbonyl (C=O) groups is 2. The Bertz CT molecular complexity index is 1180. The van der Waals surface area contributed by atoms with Crippen LogP contribution in [0.25, 0.3) is 0 Å². The maximum Gasteiger partial charge on any atom is 0.232 e. The van der Waals surface area contributed by atoms with E-state index in [2.05, 4.69) is 36.0 Å². The lowest BCUT2D eigenvalue weighted by Gasteiger charge is -2.10. The fraction of sp³-hybridized carbons (Fsp3) is 0.458. The second-order valence-electron chi connectivity index (χ2n) is 9.54. The lowest BCUT2D eigenvalue weighted by molar-refractivity contribution is -0.119. The van der Waals surface area contributed by atoms with Gasteiger partial charge in [-0.2, -0.15) is 5.10 Å². The van der Waals surface area contributed by atoms with Crippen molar-refractivity contribution in [1.29, 1.82) is 0 Å². The zero-order valence-corrected chi connectivity index (χ0v) is 20.0. The number of nitrogens with one attached hydrogen (secondary N) is 2. The molecule has 0 saturated heterocycles. The van der Waals surface area contributed by atoms with Crippen LogP contribution >= 0.6 is 11.3 Å². The van der Waals surface area contributed by atoms with Crippen molar-refractivity contribution in [2.24, 2.45) is 11.3 Å². The fourth-order valence-corrected chi connectivity index (χ4v) is 5.68. The molecular weight excluding hydrogens is 450 g/mol. The molecule has 34 heavy (non-hydrogen) atoms. The number of hydrogen-bond donors (Lipinski definition) is 2. The summed E-state index contributed by atoms with van der Waals surface area (Å²) in [6, 6.07) is 9.34. The number of carbonyl (C=O) groups excluding carboxylic acids is 2. The molecule has 5 rings (SSSR count). The SMILES string of the molecule is CC(C)C(=O)Nc1ccc(C2CC23CC[C@H](c2nnc(NC(=O)Cc4ccccn4)s2)C3)nn1. The minimum absolute atomic E-state index is 0.0621. The van der Waals surface area contributed by atoms with Gasteiger partial charge in [0.05, 0.1) is 12.1 Å². The average molecular weight is 478 g/mol. The van der Waals surface area contributed by atoms with Crippen LogP contribution in [0.1, 0.15) is 67.8 Å². The standard InChI is InChI=1S/C24H27N7O2S/c1-14(2)21(33)26-19-7-6-18(28-29-19)17-13-24(17)9-8-15(12-24)22-30-31-23(34-22)27-20(32)11-16-5-3-4-10-25-16/h3-7,10,14-15,17H,8-9,11-13H2,1-2H3,(H,26,29,33)(H,27,31,32)/t15-,17?,24?/m0/s1. The lowest BCUT2D eigenvalue weighted by atomic mass is 9.98. The summed E-state index contributed by atoms with van der Waals surface area (Å²) in [5.74, 6) is 0.935. The highest BCUT2D eigenvalue weighted by Crippen LogP contribution is 2.70. The Morgan fingerprint density at radius 3 is 2.71 bits per heavy atom. The van der Waals surface area contributed by atoms with Crippen molar-refractivity contribution >= 4 is 34.1 Å². The summed E-state index contributed by atoms with van der Waals surface area (Å²) in [4.78, 5) is 28.3. The van der Waals surface area contributed by atoms with E-state index in [1.807, 2.05) is 44.2 Å². The molecule has 2 saturated carbocycles. The predicted molar refractivity (Wildman–Crippen MR) is 128 cm³/mol. The van der Waals surface area contributed by atoms with Crippen LogP contribution in [0.5, 0.6) is 0 Å². The van der Waals surface area contributed by atoms with E-state index in [4.69, 9.17) is 0 Å². The number of amides is 2. The van der Waals surface area contributed by atoms with Gasteiger partial charge in [0.15, 0.2) is 5.82 Å². The molecule has 2 N–H and O–H groups in total. The summed E-state index contributed by atoms with van der Waals surface area (Å²) in [7, 11) is 0. The van der Waals surface area contributed by atoms with Gasteiger partial charge in [-0.15, -0.1) is 15.3 Å². The molecule has 0 radical (unpaired) electrons. The number of pyridine rings is 1. The van der Waals surface area contributed by atoms with Gasteiger partial charge in [-0.05, 0) is 55.4 Å². The largest absolute Gasteiger partial charge is 0.309 e. The Balaban J connectivity index is 1.16. The number of nitrogens with zero attached hydrogens (tertiary/aromatic N) is 5. The van der Waals surface area contributed by atoms with Crippen LogP contribution in [0, 0.1) is 11.3 Å². The molecule has 2 unspecified atom stereocenters. The van der Waals surface area contributed by atoms with Crippen molar-refractivity contribution in [2.75, 3.05) is 10.6 Å². The smallest absolute Gasteiger partial charge is 0.232 e. The zero-order valence-electron chi connectivity index (χ0n) is 19.2. The molecule has 1 spiro atoms. The minimum Gasteiger partial charge on any atom is -0.309 e. The second kappa shape index (κ2) is 9.17. The van der Waals surface area contributed by atoms with Gasteiger partial charge < -0.3 is 10.6 Å². The molecule has 9 nitrogen and oxygen atoms in total. The molecule has 3 heterocycles. The molecule has 176 valence electrons. The van der Waals surface area contributed by atoms with Crippen molar-refractivity contribution in [3.63, 3.8) is 0 Å². The first-order valence-corrected chi connectivity index (χ1v) is 12.4. The van der Waals surface area contributed by atoms with Gasteiger partial charge >= 0.3 is 0 Å². The summed E-state index contributed by atoms with van der Waals surface area (Å²) in [6.07, 6.45) is 6.21. The van der Waals surface area contributed by atoms with Gasteiger partial charge in [0.2, 0.25) is 16.9 Å². The van der Waals surface area contributed by atoms with Crippen LogP contribution < -0.4 is 10.6 Å². The van der Waals surface area contributed by atoms with E-state index in [0.717, 1.165) is 42.1 Å². The quantitative estimate of drug-likeness (QED) is 0.528. The van der Waals surface area contributed by atoms with Crippen molar-refractivity contribution in [2.45, 2.75) is 57.8 Å². The Morgan fingerprint density at radius 1 is 1.09 bits per heavy atom. The first kappa shape index (κ1) is 22.5. The molecule has 0 aromatic carbocycles. The normalized spacial score (nSPS) is 23.3. The van der Waals surface area contributed by atoms with Crippen molar-refractivity contribution in [3.05, 3.63) is 52.9 Å². The maximum absolute atomic E-state index is 12.3. The van der Waals surface area contributed by atoms with Crippen LogP contribution in [-0.4, -0.2) is 37.2 Å². The van der Waals surface area contributed by atoms with Gasteiger partial charge in [-0.1, -0.05) is 31.3 Å². The Kier molecular flexibility index (Phi) is 6.07. The Hall–Kier alpha value is -3.27. The van der Waals surface area contributed by atoms with Crippen molar-refractivity contribution in [1.82, 2.24) is 25.4 Å². The molecule has 3 aromatic heterocycles. The molecule has 3 atom stereocenters. The molecule has 0 bridgehead atoms. The van der Waals surface area contributed by atoms with E-state index in [9.17, 15) is 9.59 Å². The molecular formula is C24H27N7O2S. The summed E-state index contributed by atoms with van der Waals surface area (Å²) in [6.45, 7) is 3.69. The van der Waals surface area contributed by atoms with Crippen LogP contribution in [0.15, 0.2) is 36.5 Å². The average Bonchev–Trinajstić information content (AvgIpc) is 3.12. The maximum atomic E-state index is 12.3. The third kappa shape index (κ3) is 4.82. The summed E-state index contributed by atoms with van der Waals surface area (Å²) in [5.41, 5.74) is 1.96. The fourth-order valence-electron chi connectivity index (χ4n) is 4.78. The van der Waals surface area contributed by atoms with Gasteiger partial charge in [0, 0.05) is 29.6 Å². The monoisotopic (exact) mass is 477 g/mol. The summed E-state index contributed by atoms with van der Waals surface area (Å²) in [5, 5.41) is 24.3. The molecule has 2 aliphatic carbocycles. The van der Waals surface area contributed by atoms with Crippen LogP contribution in [0.4, 0.5) is 10.9 Å². The highest BCUT2D eigenvalue weighted by atomic mass is 32.1. The van der Waals surface area contributed by atoms with E-state index in [1.54, 1.807) is 6.20 Å². The van der Waals surface area contributed by atoms with Crippen LogP contribution in [0.3, 0.4) is 0 Å². The van der Waals surface area contributed by atoms with Gasteiger partial charge in [0.1, 0.15) is 5.01 Å². The molecule has 10 heteroatoms. The zero-order chi connectivity index (χ0) is 23.7. The minimum atomic E-state index is -0.141. The number of hydrogen-bond acceptors (Lipinski definition) is 8. The highest BCUT2D eigenvalue weighted by molar-refractivity contribution is 7.15. The topological polar surface area (TPSA) is 123 Å². The molecule has 2 fully saturated rings. The Morgan fingerprint density at radius 2 is 1.97 bits per heavy atom. The Labute approximate surface area is 201 Å². The van der Waals surface area contributed by atoms with Crippen LogP contribution in [0.2, 0.25) is 0 Å². The summed E-state index contributed by atoms with van der Waals surface area (Å²) < 4.78 is 0. The van der Waals surface area contributed by atoms with E-state index in [-0.39, 0.29) is 29.6 Å². The van der Waals surface area contributed by atoms with E-state index in [1.165, 1.54) is 11.3 Å². The molecule has 3 aromatic rings. The van der Waals surface area contributed by atoms with Gasteiger partial charge in [-0.3, -0.25) is 14.6 Å². The number of aromatic nitrogens is 5. The first-order chi connectivity index (χ1) is 16.4. The van der Waals surface area contributed by atoms with E-state index < -0.39 is 0 Å². The number of rotatable bonds is 7. The molecule has 2 amide bonds. The summed E-state index contributed by atoms with van der Waals surface area (Å²) >= 11 is 1.46. The van der Waals surface area contributed by atoms with Crippen molar-refractivity contribution in [3.8, 4) is 0 Å². The van der Waals surface area contributed by atoms with E-state index in [0.29, 0.717) is 22.8 Å². The third-order valence-corrected chi connectivity index (χ3v) is 7.76.